The summed E-state index contributed by atoms with van der Waals surface area (Å²) in [6, 6.07) is -0.191. The Bertz CT molecular complexity index is 480. The number of rotatable bonds is 5. The van der Waals surface area contributed by atoms with Gasteiger partial charge < -0.3 is 10.2 Å². The first-order chi connectivity index (χ1) is 9.54. The molecule has 1 aromatic rings. The van der Waals surface area contributed by atoms with Crippen molar-refractivity contribution in [3.63, 3.8) is 0 Å². The van der Waals surface area contributed by atoms with Crippen molar-refractivity contribution in [1.29, 1.82) is 0 Å². The summed E-state index contributed by atoms with van der Waals surface area (Å²) in [4.78, 5) is 14.1. The lowest BCUT2D eigenvalue weighted by Gasteiger charge is -2.21. The standard InChI is InChI=1S/C14H23ClN4O/c1-4-11-13(15)12(18(3)17-11)9-16-10(2)14(20)19-7-5-6-8-19/h10,16H,4-9H2,1-3H3. The van der Waals surface area contributed by atoms with E-state index in [1.165, 1.54) is 0 Å². The molecular formula is C14H23ClN4O. The second-order valence-corrected chi connectivity index (χ2v) is 5.70. The molecule has 1 atom stereocenters. The lowest BCUT2D eigenvalue weighted by atomic mass is 10.2. The zero-order valence-electron chi connectivity index (χ0n) is 12.4. The molecule has 1 aromatic heterocycles. The number of aromatic nitrogens is 2. The van der Waals surface area contributed by atoms with Crippen molar-refractivity contribution in [2.45, 2.75) is 45.7 Å². The minimum Gasteiger partial charge on any atom is -0.341 e. The van der Waals surface area contributed by atoms with Crippen LogP contribution < -0.4 is 5.32 Å². The van der Waals surface area contributed by atoms with Crippen LogP contribution >= 0.6 is 11.6 Å². The maximum atomic E-state index is 12.2. The summed E-state index contributed by atoms with van der Waals surface area (Å²) in [5, 5.41) is 8.35. The molecule has 20 heavy (non-hydrogen) atoms. The van der Waals surface area contributed by atoms with Crippen molar-refractivity contribution in [3.05, 3.63) is 16.4 Å². The highest BCUT2D eigenvalue weighted by atomic mass is 35.5. The van der Waals surface area contributed by atoms with Crippen molar-refractivity contribution in [2.24, 2.45) is 7.05 Å². The second-order valence-electron chi connectivity index (χ2n) is 5.32. The van der Waals surface area contributed by atoms with Crippen LogP contribution in [-0.2, 0) is 24.8 Å². The van der Waals surface area contributed by atoms with Crippen LogP contribution in [0.4, 0.5) is 0 Å². The average Bonchev–Trinajstić information content (AvgIpc) is 3.05. The molecule has 1 saturated heterocycles. The third kappa shape index (κ3) is 3.15. The molecular weight excluding hydrogens is 276 g/mol. The summed E-state index contributed by atoms with van der Waals surface area (Å²) in [6.07, 6.45) is 3.05. The van der Waals surface area contributed by atoms with E-state index in [0.29, 0.717) is 11.6 Å². The first kappa shape index (κ1) is 15.3. The number of likely N-dealkylation sites (tertiary alicyclic amines) is 1. The first-order valence-electron chi connectivity index (χ1n) is 7.27. The molecule has 0 saturated carbocycles. The van der Waals surface area contributed by atoms with Crippen molar-refractivity contribution in [3.8, 4) is 0 Å². The van der Waals surface area contributed by atoms with Gasteiger partial charge in [0.1, 0.15) is 0 Å². The number of halogens is 1. The molecule has 1 unspecified atom stereocenters. The van der Waals surface area contributed by atoms with E-state index in [-0.39, 0.29) is 11.9 Å². The lowest BCUT2D eigenvalue weighted by molar-refractivity contribution is -0.132. The van der Waals surface area contributed by atoms with E-state index in [2.05, 4.69) is 10.4 Å². The van der Waals surface area contributed by atoms with Crippen molar-refractivity contribution < 1.29 is 4.79 Å². The molecule has 0 aromatic carbocycles. The number of nitrogens with zero attached hydrogens (tertiary/aromatic N) is 3. The van der Waals surface area contributed by atoms with E-state index >= 15 is 0 Å². The highest BCUT2D eigenvalue weighted by Crippen LogP contribution is 2.20. The van der Waals surface area contributed by atoms with Gasteiger partial charge in [-0.15, -0.1) is 0 Å². The lowest BCUT2D eigenvalue weighted by Crippen LogP contribution is -2.43. The smallest absolute Gasteiger partial charge is 0.239 e. The van der Waals surface area contributed by atoms with Gasteiger partial charge >= 0.3 is 0 Å². The molecule has 2 heterocycles. The number of hydrogen-bond acceptors (Lipinski definition) is 3. The molecule has 0 bridgehead atoms. The Morgan fingerprint density at radius 3 is 2.65 bits per heavy atom. The summed E-state index contributed by atoms with van der Waals surface area (Å²) >= 11 is 6.30. The van der Waals surface area contributed by atoms with Gasteiger partial charge in [0.05, 0.1) is 22.5 Å². The number of nitrogens with one attached hydrogen (secondary N) is 1. The van der Waals surface area contributed by atoms with Crippen molar-refractivity contribution in [1.82, 2.24) is 20.0 Å². The fraction of sp³-hybridized carbons (Fsp3) is 0.714. The molecule has 1 aliphatic heterocycles. The Morgan fingerprint density at radius 2 is 2.10 bits per heavy atom. The largest absolute Gasteiger partial charge is 0.341 e. The predicted molar refractivity (Wildman–Crippen MR) is 79.7 cm³/mol. The Balaban J connectivity index is 1.94. The van der Waals surface area contributed by atoms with Gasteiger partial charge in [0.25, 0.3) is 0 Å². The Morgan fingerprint density at radius 1 is 1.45 bits per heavy atom. The molecule has 6 heteroatoms. The summed E-state index contributed by atoms with van der Waals surface area (Å²) in [7, 11) is 1.88. The summed E-state index contributed by atoms with van der Waals surface area (Å²) < 4.78 is 1.79. The Kier molecular flexibility index (Phi) is 5.05. The van der Waals surface area contributed by atoms with E-state index in [9.17, 15) is 4.79 Å². The molecule has 0 radical (unpaired) electrons. The molecule has 1 amide bonds. The molecule has 1 aliphatic rings. The SMILES string of the molecule is CCc1nn(C)c(CNC(C)C(=O)N2CCCC2)c1Cl. The maximum Gasteiger partial charge on any atom is 0.239 e. The van der Waals surface area contributed by atoms with Crippen molar-refractivity contribution >= 4 is 17.5 Å². The van der Waals surface area contributed by atoms with Gasteiger partial charge in [0, 0.05) is 26.7 Å². The van der Waals surface area contributed by atoms with E-state index < -0.39 is 0 Å². The van der Waals surface area contributed by atoms with Crippen LogP contribution in [0, 0.1) is 0 Å². The van der Waals surface area contributed by atoms with E-state index in [4.69, 9.17) is 11.6 Å². The zero-order valence-corrected chi connectivity index (χ0v) is 13.2. The van der Waals surface area contributed by atoms with Gasteiger partial charge in [-0.1, -0.05) is 18.5 Å². The Labute approximate surface area is 125 Å². The van der Waals surface area contributed by atoms with Gasteiger partial charge in [-0.3, -0.25) is 9.48 Å². The minimum absolute atomic E-state index is 0.177. The minimum atomic E-state index is -0.191. The molecule has 5 nitrogen and oxygen atoms in total. The first-order valence-corrected chi connectivity index (χ1v) is 7.64. The van der Waals surface area contributed by atoms with Crippen molar-refractivity contribution in [2.75, 3.05) is 13.1 Å². The van der Waals surface area contributed by atoms with Gasteiger partial charge in [-0.05, 0) is 26.2 Å². The highest BCUT2D eigenvalue weighted by Gasteiger charge is 2.23. The van der Waals surface area contributed by atoms with E-state index in [1.807, 2.05) is 25.8 Å². The number of carbonyl (C=O) groups is 1. The molecule has 2 rings (SSSR count). The molecule has 112 valence electrons. The van der Waals surface area contributed by atoms with Gasteiger partial charge in [-0.25, -0.2) is 0 Å². The number of carbonyl (C=O) groups excluding carboxylic acids is 1. The fourth-order valence-corrected chi connectivity index (χ4v) is 2.92. The second kappa shape index (κ2) is 6.59. The van der Waals surface area contributed by atoms with Crippen LogP contribution in [0.3, 0.4) is 0 Å². The number of hydrogen-bond donors (Lipinski definition) is 1. The predicted octanol–water partition coefficient (Wildman–Crippen LogP) is 1.74. The molecule has 0 spiro atoms. The van der Waals surface area contributed by atoms with Gasteiger partial charge in [0.2, 0.25) is 5.91 Å². The van der Waals surface area contributed by atoms with Gasteiger partial charge in [0.15, 0.2) is 0 Å². The molecule has 0 aliphatic carbocycles. The van der Waals surface area contributed by atoms with Crippen LogP contribution in [0.1, 0.15) is 38.1 Å². The fourth-order valence-electron chi connectivity index (χ4n) is 2.56. The van der Waals surface area contributed by atoms with Crippen LogP contribution in [0.15, 0.2) is 0 Å². The monoisotopic (exact) mass is 298 g/mol. The van der Waals surface area contributed by atoms with Crippen LogP contribution in [-0.4, -0.2) is 39.7 Å². The number of aryl methyl sites for hydroxylation is 2. The van der Waals surface area contributed by atoms with Crippen LogP contribution in [0.5, 0.6) is 0 Å². The van der Waals surface area contributed by atoms with Gasteiger partial charge in [-0.2, -0.15) is 5.10 Å². The van der Waals surface area contributed by atoms with Crippen LogP contribution in [0.2, 0.25) is 5.02 Å². The third-order valence-electron chi connectivity index (χ3n) is 3.87. The highest BCUT2D eigenvalue weighted by molar-refractivity contribution is 6.31. The summed E-state index contributed by atoms with van der Waals surface area (Å²) in [5.41, 5.74) is 1.84. The topological polar surface area (TPSA) is 50.2 Å². The molecule has 1 N–H and O–H groups in total. The number of amides is 1. The maximum absolute atomic E-state index is 12.2. The van der Waals surface area contributed by atoms with E-state index in [0.717, 1.165) is 43.7 Å². The molecule has 1 fully saturated rings. The van der Waals surface area contributed by atoms with E-state index in [1.54, 1.807) is 4.68 Å². The van der Waals surface area contributed by atoms with Crippen LogP contribution in [0.25, 0.3) is 0 Å². The Hall–Kier alpha value is -1.07. The average molecular weight is 299 g/mol. The summed E-state index contributed by atoms with van der Waals surface area (Å²) in [5.74, 6) is 0.177. The summed E-state index contributed by atoms with van der Waals surface area (Å²) in [6.45, 7) is 6.27. The normalized spacial score (nSPS) is 16.7. The third-order valence-corrected chi connectivity index (χ3v) is 4.30. The zero-order chi connectivity index (χ0) is 14.7. The quantitative estimate of drug-likeness (QED) is 0.901.